The monoisotopic (exact) mass is 507 g/mol. The van der Waals surface area contributed by atoms with Gasteiger partial charge in [0, 0.05) is 5.56 Å². The minimum absolute atomic E-state index is 0.00501. The van der Waals surface area contributed by atoms with Crippen molar-refractivity contribution in [2.75, 3.05) is 4.72 Å². The van der Waals surface area contributed by atoms with Crippen LogP contribution in [0.2, 0.25) is 0 Å². The topological polar surface area (TPSA) is 132 Å². The number of benzene rings is 3. The third-order valence-electron chi connectivity index (χ3n) is 4.33. The molecule has 0 unspecified atom stereocenters. The normalized spacial score (nSPS) is 11.5. The van der Waals surface area contributed by atoms with Gasteiger partial charge in [-0.1, -0.05) is 71.9 Å². The van der Waals surface area contributed by atoms with Gasteiger partial charge in [0.15, 0.2) is 0 Å². The number of sulfonamides is 2. The zero-order chi connectivity index (χ0) is 24.8. The van der Waals surface area contributed by atoms with E-state index < -0.39 is 32.2 Å². The first-order chi connectivity index (χ1) is 16.1. The maximum Gasteiger partial charge on any atom is 0.300 e. The first-order valence-electron chi connectivity index (χ1n) is 9.58. The fourth-order valence-electron chi connectivity index (χ4n) is 2.75. The number of nitrogens with zero attached hydrogens (tertiary/aromatic N) is 1. The van der Waals surface area contributed by atoms with E-state index in [1.165, 1.54) is 36.4 Å². The predicted molar refractivity (Wildman–Crippen MR) is 122 cm³/mol. The van der Waals surface area contributed by atoms with Crippen LogP contribution in [0.1, 0.15) is 12.2 Å². The van der Waals surface area contributed by atoms with Gasteiger partial charge >= 0.3 is 0 Å². The third kappa shape index (κ3) is 6.25. The molecule has 178 valence electrons. The highest BCUT2D eigenvalue weighted by Crippen LogP contribution is 2.37. The molecule has 0 aliphatic carbocycles. The van der Waals surface area contributed by atoms with Crippen molar-refractivity contribution < 1.29 is 30.1 Å². The smallest absolute Gasteiger partial charge is 0.300 e. The summed E-state index contributed by atoms with van der Waals surface area (Å²) in [5.74, 6) is -0.826. The molecule has 0 amide bonds. The summed E-state index contributed by atoms with van der Waals surface area (Å²) in [4.78, 5) is 0.0976. The summed E-state index contributed by atoms with van der Waals surface area (Å²) in [5.41, 5.74) is 0.101. The standard InChI is InChI=1S/C16H12F2N2O3S.C6H7NO2S/c17-16(18)15-14(13(19-23-15)11-7-3-1-4-8-11)20-24(21,22)12-9-5-2-6-10-12;7-10(8,9)6-4-2-1-3-5-6/h1-10,16,20H;1-5H,(H2,7,8,9). The molecule has 0 bridgehead atoms. The van der Waals surface area contributed by atoms with E-state index >= 15 is 0 Å². The van der Waals surface area contributed by atoms with E-state index in [0.717, 1.165) is 0 Å². The number of primary sulfonamides is 1. The molecule has 0 saturated carbocycles. The highest BCUT2D eigenvalue weighted by molar-refractivity contribution is 7.92. The van der Waals surface area contributed by atoms with Gasteiger partial charge in [-0.3, -0.25) is 4.72 Å². The number of nitrogens with one attached hydrogen (secondary N) is 1. The van der Waals surface area contributed by atoms with Crippen LogP contribution in [0.3, 0.4) is 0 Å². The van der Waals surface area contributed by atoms with Gasteiger partial charge < -0.3 is 4.52 Å². The van der Waals surface area contributed by atoms with Crippen molar-refractivity contribution in [2.45, 2.75) is 16.2 Å². The Morgan fingerprint density at radius 3 is 1.68 bits per heavy atom. The highest BCUT2D eigenvalue weighted by atomic mass is 32.2. The van der Waals surface area contributed by atoms with Gasteiger partial charge in [-0.05, 0) is 24.3 Å². The van der Waals surface area contributed by atoms with Crippen LogP contribution in [-0.4, -0.2) is 22.0 Å². The molecule has 0 fully saturated rings. The Balaban J connectivity index is 0.000000271. The van der Waals surface area contributed by atoms with Gasteiger partial charge in [0.2, 0.25) is 15.8 Å². The van der Waals surface area contributed by atoms with E-state index in [0.29, 0.717) is 5.56 Å². The second-order valence-electron chi connectivity index (χ2n) is 6.71. The van der Waals surface area contributed by atoms with Gasteiger partial charge in [0.25, 0.3) is 16.4 Å². The molecular formula is C22H19F2N3O5S2. The fourth-order valence-corrected chi connectivity index (χ4v) is 4.38. The van der Waals surface area contributed by atoms with Gasteiger partial charge in [-0.25, -0.2) is 30.8 Å². The van der Waals surface area contributed by atoms with Crippen LogP contribution in [0.5, 0.6) is 0 Å². The van der Waals surface area contributed by atoms with Crippen molar-refractivity contribution in [3.63, 3.8) is 0 Å². The first kappa shape index (κ1) is 25.0. The van der Waals surface area contributed by atoms with Crippen molar-refractivity contribution in [3.05, 3.63) is 96.8 Å². The van der Waals surface area contributed by atoms with Crippen molar-refractivity contribution in [2.24, 2.45) is 5.14 Å². The van der Waals surface area contributed by atoms with Crippen LogP contribution < -0.4 is 9.86 Å². The number of nitrogens with two attached hydrogens (primary N) is 1. The maximum absolute atomic E-state index is 13.2. The minimum atomic E-state index is -4.05. The van der Waals surface area contributed by atoms with E-state index in [2.05, 4.69) is 14.4 Å². The first-order valence-corrected chi connectivity index (χ1v) is 12.6. The van der Waals surface area contributed by atoms with Crippen LogP contribution in [-0.2, 0) is 20.0 Å². The molecule has 0 saturated heterocycles. The Hall–Kier alpha value is -3.61. The molecule has 12 heteroatoms. The Morgan fingerprint density at radius 2 is 1.24 bits per heavy atom. The van der Waals surface area contributed by atoms with Gasteiger partial charge in [-0.2, -0.15) is 0 Å². The van der Waals surface area contributed by atoms with Crippen molar-refractivity contribution in [3.8, 4) is 11.3 Å². The Morgan fingerprint density at radius 1 is 0.765 bits per heavy atom. The largest absolute Gasteiger partial charge is 0.352 e. The molecule has 0 aliphatic rings. The highest BCUT2D eigenvalue weighted by Gasteiger charge is 2.28. The molecule has 34 heavy (non-hydrogen) atoms. The lowest BCUT2D eigenvalue weighted by Crippen LogP contribution is -2.14. The zero-order valence-corrected chi connectivity index (χ0v) is 19.0. The number of anilines is 1. The lowest BCUT2D eigenvalue weighted by atomic mass is 10.1. The summed E-state index contributed by atoms with van der Waals surface area (Å²) in [6.45, 7) is 0. The summed E-state index contributed by atoms with van der Waals surface area (Å²) in [6.07, 6.45) is -3.01. The fraction of sp³-hybridized carbons (Fsp3) is 0.0455. The van der Waals surface area contributed by atoms with E-state index in [-0.39, 0.29) is 21.2 Å². The van der Waals surface area contributed by atoms with Crippen molar-refractivity contribution in [1.29, 1.82) is 0 Å². The molecule has 1 aromatic heterocycles. The summed E-state index contributed by atoms with van der Waals surface area (Å²) in [5, 5.41) is 8.43. The lowest BCUT2D eigenvalue weighted by molar-refractivity contribution is 0.113. The quantitative estimate of drug-likeness (QED) is 0.397. The number of aromatic nitrogens is 1. The van der Waals surface area contributed by atoms with Crippen LogP contribution in [0.15, 0.2) is 105 Å². The molecule has 4 aromatic rings. The second-order valence-corrected chi connectivity index (χ2v) is 9.96. The number of alkyl halides is 2. The molecule has 8 nitrogen and oxygen atoms in total. The van der Waals surface area contributed by atoms with Gasteiger partial charge in [0.1, 0.15) is 11.4 Å². The van der Waals surface area contributed by atoms with Crippen LogP contribution in [0, 0.1) is 0 Å². The number of rotatable bonds is 6. The van der Waals surface area contributed by atoms with Crippen LogP contribution >= 0.6 is 0 Å². The molecule has 0 aliphatic heterocycles. The SMILES string of the molecule is NS(=O)(=O)c1ccccc1.O=S(=O)(Nc1c(-c2ccccc2)noc1C(F)F)c1ccccc1. The average Bonchev–Trinajstić information content (AvgIpc) is 3.24. The summed E-state index contributed by atoms with van der Waals surface area (Å²) < 4.78 is 79.3. The van der Waals surface area contributed by atoms with E-state index in [1.54, 1.807) is 54.6 Å². The third-order valence-corrected chi connectivity index (χ3v) is 6.62. The van der Waals surface area contributed by atoms with Crippen LogP contribution in [0.25, 0.3) is 11.3 Å². The molecule has 0 spiro atoms. The van der Waals surface area contributed by atoms with E-state index in [9.17, 15) is 25.6 Å². The number of halogens is 2. The average molecular weight is 508 g/mol. The van der Waals surface area contributed by atoms with Crippen molar-refractivity contribution in [1.82, 2.24) is 5.16 Å². The van der Waals surface area contributed by atoms with Crippen LogP contribution in [0.4, 0.5) is 14.5 Å². The summed E-state index contributed by atoms with van der Waals surface area (Å²) in [6, 6.07) is 23.7. The molecular weight excluding hydrogens is 488 g/mol. The Bertz CT molecular complexity index is 1430. The van der Waals surface area contributed by atoms with E-state index in [1.807, 2.05) is 0 Å². The summed E-state index contributed by atoms with van der Waals surface area (Å²) in [7, 11) is -7.56. The van der Waals surface area contributed by atoms with E-state index in [4.69, 9.17) is 5.14 Å². The number of hydrogen-bond acceptors (Lipinski definition) is 6. The second kappa shape index (κ2) is 10.5. The van der Waals surface area contributed by atoms with Gasteiger partial charge in [-0.15, -0.1) is 0 Å². The van der Waals surface area contributed by atoms with Crippen molar-refractivity contribution >= 4 is 25.7 Å². The number of hydrogen-bond donors (Lipinski definition) is 2. The minimum Gasteiger partial charge on any atom is -0.352 e. The molecule has 3 aromatic carbocycles. The Kier molecular flexibility index (Phi) is 7.76. The van der Waals surface area contributed by atoms with Gasteiger partial charge in [0.05, 0.1) is 9.79 Å². The maximum atomic E-state index is 13.2. The molecule has 4 rings (SSSR count). The summed E-state index contributed by atoms with van der Waals surface area (Å²) >= 11 is 0. The molecule has 3 N–H and O–H groups in total. The zero-order valence-electron chi connectivity index (χ0n) is 17.4. The lowest BCUT2D eigenvalue weighted by Gasteiger charge is -2.09. The predicted octanol–water partition coefficient (Wildman–Crippen LogP) is 4.41. The molecule has 0 radical (unpaired) electrons. The Labute approximate surface area is 195 Å². The molecule has 1 heterocycles. The molecule has 0 atom stereocenters.